The van der Waals surface area contributed by atoms with Crippen molar-refractivity contribution in [3.8, 4) is 0 Å². The summed E-state index contributed by atoms with van der Waals surface area (Å²) in [6, 6.07) is 5.12. The molecular formula is C13H15BrClNO3. The zero-order chi connectivity index (χ0) is 14.0. The van der Waals surface area contributed by atoms with Crippen molar-refractivity contribution in [3.05, 3.63) is 33.3 Å². The average Bonchev–Trinajstić information content (AvgIpc) is 2.74. The summed E-state index contributed by atoms with van der Waals surface area (Å²) in [5, 5.41) is 10.4. The van der Waals surface area contributed by atoms with Crippen LogP contribution in [0.15, 0.2) is 22.7 Å². The third kappa shape index (κ3) is 3.48. The van der Waals surface area contributed by atoms with E-state index in [1.54, 1.807) is 6.07 Å². The number of aliphatic hydroxyl groups excluding tert-OH is 1. The number of likely N-dealkylation sites (tertiary alicyclic amines) is 1. The standard InChI is InChI=1S/C13H15BrClNO3/c1-19-13(18)12-5-10(17)7-16(12)6-8-4-9(15)2-3-11(8)14/h2-4,10,12,17H,5-7H2,1H3/t10-,12-/m0/s1. The summed E-state index contributed by atoms with van der Waals surface area (Å²) in [6.07, 6.45) is -0.0905. The van der Waals surface area contributed by atoms with Crippen molar-refractivity contribution in [2.75, 3.05) is 13.7 Å². The van der Waals surface area contributed by atoms with Crippen molar-refractivity contribution in [1.82, 2.24) is 4.90 Å². The number of esters is 1. The normalized spacial score (nSPS) is 23.6. The topological polar surface area (TPSA) is 49.8 Å². The maximum Gasteiger partial charge on any atom is 0.323 e. The number of ether oxygens (including phenoxy) is 1. The van der Waals surface area contributed by atoms with Gasteiger partial charge in [-0.2, -0.15) is 0 Å². The number of nitrogens with zero attached hydrogens (tertiary/aromatic N) is 1. The Labute approximate surface area is 125 Å². The maximum atomic E-state index is 11.7. The predicted molar refractivity (Wildman–Crippen MR) is 76.0 cm³/mol. The van der Waals surface area contributed by atoms with Crippen LogP contribution in [0, 0.1) is 0 Å². The third-order valence-corrected chi connectivity index (χ3v) is 4.24. The molecule has 4 nitrogen and oxygen atoms in total. The first kappa shape index (κ1) is 14.8. The second kappa shape index (κ2) is 6.22. The van der Waals surface area contributed by atoms with E-state index in [2.05, 4.69) is 15.9 Å². The first-order valence-corrected chi connectivity index (χ1v) is 7.12. The largest absolute Gasteiger partial charge is 0.468 e. The molecule has 19 heavy (non-hydrogen) atoms. The molecule has 0 aliphatic carbocycles. The first-order chi connectivity index (χ1) is 9.01. The highest BCUT2D eigenvalue weighted by Gasteiger charge is 2.36. The first-order valence-electron chi connectivity index (χ1n) is 5.95. The van der Waals surface area contributed by atoms with E-state index in [0.717, 1.165) is 10.0 Å². The Morgan fingerprint density at radius 1 is 1.63 bits per heavy atom. The highest BCUT2D eigenvalue weighted by atomic mass is 79.9. The number of carbonyl (C=O) groups is 1. The van der Waals surface area contributed by atoms with Gasteiger partial charge in [0.15, 0.2) is 0 Å². The van der Waals surface area contributed by atoms with Gasteiger partial charge in [-0.3, -0.25) is 9.69 Å². The molecule has 1 aliphatic rings. The molecule has 0 radical (unpaired) electrons. The van der Waals surface area contributed by atoms with Gasteiger partial charge in [0, 0.05) is 29.0 Å². The third-order valence-electron chi connectivity index (χ3n) is 3.24. The van der Waals surface area contributed by atoms with Gasteiger partial charge in [-0.1, -0.05) is 27.5 Å². The van der Waals surface area contributed by atoms with Crippen molar-refractivity contribution in [2.24, 2.45) is 0 Å². The summed E-state index contributed by atoms with van der Waals surface area (Å²) in [4.78, 5) is 13.6. The van der Waals surface area contributed by atoms with Crippen molar-refractivity contribution in [1.29, 1.82) is 0 Å². The van der Waals surface area contributed by atoms with Crippen LogP contribution in [0.4, 0.5) is 0 Å². The molecule has 1 fully saturated rings. The molecule has 1 saturated heterocycles. The molecule has 0 aromatic heterocycles. The van der Waals surface area contributed by atoms with Crippen LogP contribution in [0.2, 0.25) is 5.02 Å². The number of β-amino-alcohol motifs (C(OH)–C–C–N with tert-alkyl or cyclic N) is 1. The summed E-state index contributed by atoms with van der Waals surface area (Å²) in [7, 11) is 1.36. The molecule has 0 amide bonds. The number of hydrogen-bond donors (Lipinski definition) is 1. The SMILES string of the molecule is COC(=O)[C@@H]1C[C@H](O)CN1Cc1cc(Cl)ccc1Br. The summed E-state index contributed by atoms with van der Waals surface area (Å²) in [5.41, 5.74) is 0.982. The Balaban J connectivity index is 2.16. The molecule has 1 N–H and O–H groups in total. The van der Waals surface area contributed by atoms with Crippen molar-refractivity contribution in [3.63, 3.8) is 0 Å². The van der Waals surface area contributed by atoms with Crippen LogP contribution in [-0.4, -0.2) is 41.8 Å². The lowest BCUT2D eigenvalue weighted by atomic mass is 10.2. The molecule has 2 rings (SSSR count). The number of halogens is 2. The van der Waals surface area contributed by atoms with Crippen molar-refractivity contribution in [2.45, 2.75) is 25.1 Å². The van der Waals surface area contributed by atoms with Crippen molar-refractivity contribution >= 4 is 33.5 Å². The molecule has 0 saturated carbocycles. The van der Waals surface area contributed by atoms with Crippen molar-refractivity contribution < 1.29 is 14.6 Å². The number of methoxy groups -OCH3 is 1. The summed E-state index contributed by atoms with van der Waals surface area (Å²) < 4.78 is 5.71. The quantitative estimate of drug-likeness (QED) is 0.851. The Bertz CT molecular complexity index is 483. The van der Waals surface area contributed by atoms with Crippen LogP contribution in [0.5, 0.6) is 0 Å². The molecule has 1 aromatic rings. The van der Waals surface area contributed by atoms with Crippen LogP contribution in [0.3, 0.4) is 0 Å². The minimum atomic E-state index is -0.498. The van der Waals surface area contributed by atoms with Gasteiger partial charge in [0.2, 0.25) is 0 Å². The van der Waals surface area contributed by atoms with Crippen LogP contribution < -0.4 is 0 Å². The Morgan fingerprint density at radius 3 is 3.05 bits per heavy atom. The molecule has 0 bridgehead atoms. The molecule has 0 spiro atoms. The molecule has 0 unspecified atom stereocenters. The fourth-order valence-corrected chi connectivity index (χ4v) is 2.89. The van der Waals surface area contributed by atoms with E-state index in [1.807, 2.05) is 17.0 Å². The maximum absolute atomic E-state index is 11.7. The second-order valence-electron chi connectivity index (χ2n) is 4.59. The number of hydrogen-bond acceptors (Lipinski definition) is 4. The molecule has 1 aromatic carbocycles. The van der Waals surface area contributed by atoms with Crippen LogP contribution in [-0.2, 0) is 16.1 Å². The van der Waals surface area contributed by atoms with Gasteiger partial charge in [0.05, 0.1) is 13.2 Å². The molecule has 6 heteroatoms. The minimum absolute atomic E-state index is 0.310. The number of benzene rings is 1. The summed E-state index contributed by atoms with van der Waals surface area (Å²) in [5.74, 6) is -0.310. The zero-order valence-electron chi connectivity index (χ0n) is 10.5. The van der Waals surface area contributed by atoms with E-state index in [0.29, 0.717) is 24.5 Å². The van der Waals surface area contributed by atoms with Gasteiger partial charge in [-0.25, -0.2) is 0 Å². The Kier molecular flexibility index (Phi) is 4.84. The van der Waals surface area contributed by atoms with Gasteiger partial charge >= 0.3 is 5.97 Å². The van der Waals surface area contributed by atoms with Gasteiger partial charge in [-0.15, -0.1) is 0 Å². The fourth-order valence-electron chi connectivity index (χ4n) is 2.32. The molecule has 104 valence electrons. The van der Waals surface area contributed by atoms with Crippen LogP contribution >= 0.6 is 27.5 Å². The smallest absolute Gasteiger partial charge is 0.323 e. The Hall–Kier alpha value is -0.620. The lowest BCUT2D eigenvalue weighted by Crippen LogP contribution is -2.36. The van der Waals surface area contributed by atoms with E-state index in [1.165, 1.54) is 7.11 Å². The number of rotatable bonds is 3. The monoisotopic (exact) mass is 347 g/mol. The predicted octanol–water partition coefficient (Wildman–Crippen LogP) is 2.21. The van der Waals surface area contributed by atoms with Gasteiger partial charge in [0.1, 0.15) is 6.04 Å². The lowest BCUT2D eigenvalue weighted by molar-refractivity contribution is -0.146. The van der Waals surface area contributed by atoms with Gasteiger partial charge in [-0.05, 0) is 23.8 Å². The molecule has 2 atom stereocenters. The van der Waals surface area contributed by atoms with Gasteiger partial charge in [0.25, 0.3) is 0 Å². The van der Waals surface area contributed by atoms with Crippen LogP contribution in [0.25, 0.3) is 0 Å². The highest BCUT2D eigenvalue weighted by molar-refractivity contribution is 9.10. The zero-order valence-corrected chi connectivity index (χ0v) is 12.8. The highest BCUT2D eigenvalue weighted by Crippen LogP contribution is 2.27. The minimum Gasteiger partial charge on any atom is -0.468 e. The average molecular weight is 349 g/mol. The summed E-state index contributed by atoms with van der Waals surface area (Å²) >= 11 is 9.44. The number of carbonyl (C=O) groups excluding carboxylic acids is 1. The fraction of sp³-hybridized carbons (Fsp3) is 0.462. The second-order valence-corrected chi connectivity index (χ2v) is 5.88. The molecular weight excluding hydrogens is 334 g/mol. The van der Waals surface area contributed by atoms with Gasteiger partial charge < -0.3 is 9.84 Å². The van der Waals surface area contributed by atoms with E-state index in [-0.39, 0.29) is 5.97 Å². The lowest BCUT2D eigenvalue weighted by Gasteiger charge is -2.22. The summed E-state index contributed by atoms with van der Waals surface area (Å²) in [6.45, 7) is 0.997. The molecule has 1 aliphatic heterocycles. The Morgan fingerprint density at radius 2 is 2.37 bits per heavy atom. The van der Waals surface area contributed by atoms with Crippen LogP contribution in [0.1, 0.15) is 12.0 Å². The van der Waals surface area contributed by atoms with E-state index >= 15 is 0 Å². The number of aliphatic hydroxyl groups is 1. The van der Waals surface area contributed by atoms with E-state index in [4.69, 9.17) is 16.3 Å². The van der Waals surface area contributed by atoms with E-state index < -0.39 is 12.1 Å². The molecule has 1 heterocycles. The van der Waals surface area contributed by atoms with E-state index in [9.17, 15) is 9.90 Å².